The Morgan fingerprint density at radius 3 is 2.55 bits per heavy atom. The topological polar surface area (TPSA) is 76.7 Å². The molecule has 1 aliphatic heterocycles. The van der Waals surface area contributed by atoms with Gasteiger partial charge >= 0.3 is 0 Å². The second-order valence-electron chi connectivity index (χ2n) is 8.67. The molecule has 0 radical (unpaired) electrons. The fourth-order valence-electron chi connectivity index (χ4n) is 3.33. The average molecular weight is 423 g/mol. The minimum atomic E-state index is -0.310. The fraction of sp³-hybridized carbons (Fsp3) is 0.360. The second kappa shape index (κ2) is 9.25. The largest absolute Gasteiger partial charge is 0.493 e. The van der Waals surface area contributed by atoms with Gasteiger partial charge in [0.25, 0.3) is 5.91 Å². The van der Waals surface area contributed by atoms with Crippen molar-refractivity contribution in [1.82, 2.24) is 5.32 Å². The highest BCUT2D eigenvalue weighted by Crippen LogP contribution is 2.35. The normalized spacial score (nSPS) is 15.3. The Morgan fingerprint density at radius 2 is 1.90 bits per heavy atom. The zero-order chi connectivity index (χ0) is 22.6. The number of hydrogen-bond donors (Lipinski definition) is 2. The van der Waals surface area contributed by atoms with Crippen molar-refractivity contribution in [1.29, 1.82) is 0 Å². The van der Waals surface area contributed by atoms with Crippen molar-refractivity contribution >= 4 is 23.6 Å². The Bertz CT molecular complexity index is 988. The van der Waals surface area contributed by atoms with E-state index in [1.807, 2.05) is 46.8 Å². The number of hydrogen-bond acceptors (Lipinski definition) is 4. The number of carbonyl (C=O) groups is 2. The highest BCUT2D eigenvalue weighted by atomic mass is 16.5. The number of carbonyl (C=O) groups excluding carboxylic acids is 2. The zero-order valence-corrected chi connectivity index (χ0v) is 18.7. The molecule has 0 aliphatic carbocycles. The Morgan fingerprint density at radius 1 is 1.19 bits per heavy atom. The third kappa shape index (κ3) is 6.10. The third-order valence-corrected chi connectivity index (χ3v) is 4.65. The van der Waals surface area contributed by atoms with Gasteiger partial charge in [-0.1, -0.05) is 0 Å². The van der Waals surface area contributed by atoms with Crippen LogP contribution in [0.5, 0.6) is 11.5 Å². The molecule has 0 aromatic heterocycles. The molecule has 1 aliphatic rings. The van der Waals surface area contributed by atoms with Gasteiger partial charge in [0, 0.05) is 40.4 Å². The van der Waals surface area contributed by atoms with E-state index < -0.39 is 0 Å². The zero-order valence-electron chi connectivity index (χ0n) is 18.7. The highest BCUT2D eigenvalue weighted by Gasteiger charge is 2.21. The Balaban J connectivity index is 1.67. The Kier molecular flexibility index (Phi) is 6.68. The van der Waals surface area contributed by atoms with Gasteiger partial charge in [-0.3, -0.25) is 9.59 Å². The lowest BCUT2D eigenvalue weighted by Crippen LogP contribution is -2.40. The van der Waals surface area contributed by atoms with Crippen LogP contribution in [0.15, 0.2) is 42.5 Å². The molecule has 3 rings (SSSR count). The van der Waals surface area contributed by atoms with Crippen LogP contribution in [0.2, 0.25) is 0 Å². The van der Waals surface area contributed by atoms with Gasteiger partial charge in [0.15, 0.2) is 0 Å². The van der Waals surface area contributed by atoms with E-state index in [9.17, 15) is 9.59 Å². The number of anilines is 1. The van der Waals surface area contributed by atoms with Crippen LogP contribution in [0.3, 0.4) is 0 Å². The van der Waals surface area contributed by atoms with Gasteiger partial charge in [-0.25, -0.2) is 0 Å². The maximum atomic E-state index is 12.4. The first-order valence-corrected chi connectivity index (χ1v) is 10.5. The van der Waals surface area contributed by atoms with E-state index in [4.69, 9.17) is 9.47 Å². The van der Waals surface area contributed by atoms with Gasteiger partial charge < -0.3 is 20.1 Å². The van der Waals surface area contributed by atoms with Crippen LogP contribution in [0.25, 0.3) is 6.08 Å². The summed E-state index contributed by atoms with van der Waals surface area (Å²) in [5, 5.41) is 5.72. The predicted molar refractivity (Wildman–Crippen MR) is 123 cm³/mol. The van der Waals surface area contributed by atoms with Crippen molar-refractivity contribution in [3.63, 3.8) is 0 Å². The van der Waals surface area contributed by atoms with Gasteiger partial charge in [0.05, 0.1) is 6.61 Å². The Labute approximate surface area is 183 Å². The van der Waals surface area contributed by atoms with Gasteiger partial charge in [-0.2, -0.15) is 0 Å². The first-order chi connectivity index (χ1) is 14.6. The van der Waals surface area contributed by atoms with Gasteiger partial charge in [-0.15, -0.1) is 0 Å². The molecule has 1 heterocycles. The van der Waals surface area contributed by atoms with Crippen LogP contribution in [0.4, 0.5) is 5.69 Å². The highest BCUT2D eigenvalue weighted by molar-refractivity contribution is 6.02. The van der Waals surface area contributed by atoms with Crippen LogP contribution in [0, 0.1) is 0 Å². The first kappa shape index (κ1) is 22.4. The number of fused-ring (bicyclic) bond motifs is 1. The number of ether oxygens (including phenoxy) is 2. The molecule has 31 heavy (non-hydrogen) atoms. The quantitative estimate of drug-likeness (QED) is 0.668. The smallest absolute Gasteiger partial charge is 0.251 e. The average Bonchev–Trinajstić information content (AvgIpc) is 3.04. The molecule has 0 fully saturated rings. The van der Waals surface area contributed by atoms with Gasteiger partial charge in [0.1, 0.15) is 17.6 Å². The van der Waals surface area contributed by atoms with Crippen molar-refractivity contribution in [3.8, 4) is 11.5 Å². The molecule has 2 N–H and O–H groups in total. The standard InChI is InChI=1S/C25H30N2O4/c1-6-30-21-15-19-13-16(2)31-22(19)14-18(21)9-12-23(28)26-20-10-7-17(8-11-20)24(29)27-25(3,4)5/h7-12,14-16H,6,13H2,1-5H3,(H,26,28)(H,27,29)/b12-9+. The number of rotatable bonds is 6. The summed E-state index contributed by atoms with van der Waals surface area (Å²) in [6, 6.07) is 10.7. The van der Waals surface area contributed by atoms with Crippen LogP contribution in [-0.4, -0.2) is 30.1 Å². The molecule has 2 aromatic rings. The molecule has 2 amide bonds. The molecule has 1 atom stereocenters. The molecule has 0 saturated carbocycles. The van der Waals surface area contributed by atoms with Crippen molar-refractivity contribution in [3.05, 3.63) is 59.2 Å². The number of nitrogens with one attached hydrogen (secondary N) is 2. The van der Waals surface area contributed by atoms with E-state index >= 15 is 0 Å². The van der Waals surface area contributed by atoms with E-state index in [2.05, 4.69) is 10.6 Å². The lowest BCUT2D eigenvalue weighted by molar-refractivity contribution is -0.111. The van der Waals surface area contributed by atoms with Crippen LogP contribution < -0.4 is 20.1 Å². The molecule has 6 nitrogen and oxygen atoms in total. The van der Waals surface area contributed by atoms with E-state index in [0.717, 1.165) is 29.0 Å². The molecule has 6 heteroatoms. The molecule has 0 bridgehead atoms. The molecule has 164 valence electrons. The lowest BCUT2D eigenvalue weighted by atomic mass is 10.1. The van der Waals surface area contributed by atoms with Crippen molar-refractivity contribution in [2.45, 2.75) is 52.7 Å². The summed E-state index contributed by atoms with van der Waals surface area (Å²) in [4.78, 5) is 24.6. The molecule has 0 saturated heterocycles. The molecule has 0 spiro atoms. The van der Waals surface area contributed by atoms with E-state index in [1.54, 1.807) is 30.3 Å². The number of benzene rings is 2. The minimum Gasteiger partial charge on any atom is -0.493 e. The monoisotopic (exact) mass is 422 g/mol. The fourth-order valence-corrected chi connectivity index (χ4v) is 3.33. The SMILES string of the molecule is CCOc1cc2c(cc1/C=C/C(=O)Nc1ccc(C(=O)NC(C)(C)C)cc1)OC(C)C2. The number of amides is 2. The molecule has 2 aromatic carbocycles. The summed E-state index contributed by atoms with van der Waals surface area (Å²) in [5.41, 5.74) is 2.75. The van der Waals surface area contributed by atoms with E-state index in [1.165, 1.54) is 6.08 Å². The first-order valence-electron chi connectivity index (χ1n) is 10.5. The van der Waals surface area contributed by atoms with Crippen molar-refractivity contribution in [2.75, 3.05) is 11.9 Å². The van der Waals surface area contributed by atoms with Crippen LogP contribution in [0.1, 0.15) is 56.1 Å². The predicted octanol–water partition coefficient (Wildman–Crippen LogP) is 4.59. The minimum absolute atomic E-state index is 0.139. The summed E-state index contributed by atoms with van der Waals surface area (Å²) in [7, 11) is 0. The van der Waals surface area contributed by atoms with E-state index in [0.29, 0.717) is 17.9 Å². The molecule has 1 unspecified atom stereocenters. The van der Waals surface area contributed by atoms with Crippen LogP contribution in [-0.2, 0) is 11.2 Å². The van der Waals surface area contributed by atoms with Crippen molar-refractivity contribution in [2.24, 2.45) is 0 Å². The second-order valence-corrected chi connectivity index (χ2v) is 8.67. The third-order valence-electron chi connectivity index (χ3n) is 4.65. The molecular weight excluding hydrogens is 392 g/mol. The summed E-state index contributed by atoms with van der Waals surface area (Å²) in [6.45, 7) is 10.3. The maximum absolute atomic E-state index is 12.4. The van der Waals surface area contributed by atoms with Crippen LogP contribution >= 0.6 is 0 Å². The summed E-state index contributed by atoms with van der Waals surface area (Å²) < 4.78 is 11.6. The maximum Gasteiger partial charge on any atom is 0.251 e. The van der Waals surface area contributed by atoms with E-state index in [-0.39, 0.29) is 23.5 Å². The van der Waals surface area contributed by atoms with Crippen molar-refractivity contribution < 1.29 is 19.1 Å². The van der Waals surface area contributed by atoms with Gasteiger partial charge in [-0.05, 0) is 77.1 Å². The summed E-state index contributed by atoms with van der Waals surface area (Å²) in [5.74, 6) is 1.14. The Hall–Kier alpha value is -3.28. The lowest BCUT2D eigenvalue weighted by Gasteiger charge is -2.20. The summed E-state index contributed by atoms with van der Waals surface area (Å²) in [6.07, 6.45) is 4.17. The van der Waals surface area contributed by atoms with Gasteiger partial charge in [0.2, 0.25) is 5.91 Å². The molecular formula is C25H30N2O4. The summed E-state index contributed by atoms with van der Waals surface area (Å²) >= 11 is 0.